The molecule has 0 spiro atoms. The highest BCUT2D eigenvalue weighted by atomic mass is 16.5. The van der Waals surface area contributed by atoms with Gasteiger partial charge in [0.2, 0.25) is 0 Å². The molecule has 2 aromatic rings. The zero-order valence-corrected chi connectivity index (χ0v) is 13.8. The standard InChI is InChI=1S/C17H20N4O3/c1-3-20-11-19-14-10-21(16(22)13-7-5-6-8-18-13)9-12(15(14)20)17(23)24-4-2/h5-8,11-12H,3-4,9-10H2,1-2H3. The highest BCUT2D eigenvalue weighted by molar-refractivity contribution is 5.93. The molecule has 1 aliphatic rings. The Morgan fingerprint density at radius 3 is 2.79 bits per heavy atom. The molecule has 0 saturated heterocycles. The summed E-state index contributed by atoms with van der Waals surface area (Å²) in [7, 11) is 0. The van der Waals surface area contributed by atoms with Crippen LogP contribution in [0.3, 0.4) is 0 Å². The topological polar surface area (TPSA) is 77.3 Å². The van der Waals surface area contributed by atoms with E-state index in [0.29, 0.717) is 25.4 Å². The maximum atomic E-state index is 12.7. The van der Waals surface area contributed by atoms with E-state index in [1.165, 1.54) is 0 Å². The van der Waals surface area contributed by atoms with Crippen molar-refractivity contribution in [1.82, 2.24) is 19.4 Å². The van der Waals surface area contributed by atoms with Gasteiger partial charge in [0.05, 0.1) is 30.9 Å². The Morgan fingerprint density at radius 2 is 2.12 bits per heavy atom. The van der Waals surface area contributed by atoms with Crippen molar-refractivity contribution in [3.8, 4) is 0 Å². The number of hydrogen-bond acceptors (Lipinski definition) is 5. The molecule has 0 saturated carbocycles. The maximum Gasteiger partial charge on any atom is 0.316 e. The second-order valence-electron chi connectivity index (χ2n) is 5.57. The number of ether oxygens (including phenoxy) is 1. The summed E-state index contributed by atoms with van der Waals surface area (Å²) in [4.78, 5) is 35.2. The van der Waals surface area contributed by atoms with Gasteiger partial charge >= 0.3 is 5.97 Å². The molecule has 1 atom stereocenters. The van der Waals surface area contributed by atoms with Crippen molar-refractivity contribution < 1.29 is 14.3 Å². The number of amides is 1. The van der Waals surface area contributed by atoms with Crippen LogP contribution in [0.4, 0.5) is 0 Å². The fourth-order valence-corrected chi connectivity index (χ4v) is 3.00. The Morgan fingerprint density at radius 1 is 1.29 bits per heavy atom. The summed E-state index contributed by atoms with van der Waals surface area (Å²) in [5, 5.41) is 0. The number of aryl methyl sites for hydroxylation is 1. The van der Waals surface area contributed by atoms with Crippen molar-refractivity contribution >= 4 is 11.9 Å². The molecule has 7 heteroatoms. The first-order valence-corrected chi connectivity index (χ1v) is 8.06. The van der Waals surface area contributed by atoms with Crippen molar-refractivity contribution in [3.05, 3.63) is 47.8 Å². The van der Waals surface area contributed by atoms with Gasteiger partial charge in [-0.3, -0.25) is 14.6 Å². The summed E-state index contributed by atoms with van der Waals surface area (Å²) < 4.78 is 7.15. The van der Waals surface area contributed by atoms with Gasteiger partial charge < -0.3 is 14.2 Å². The van der Waals surface area contributed by atoms with Crippen LogP contribution in [0.25, 0.3) is 0 Å². The van der Waals surface area contributed by atoms with Crippen molar-refractivity contribution in [2.45, 2.75) is 32.9 Å². The van der Waals surface area contributed by atoms with Gasteiger partial charge in [-0.15, -0.1) is 0 Å². The zero-order valence-electron chi connectivity index (χ0n) is 13.8. The Labute approximate surface area is 140 Å². The van der Waals surface area contributed by atoms with Gasteiger partial charge in [-0.1, -0.05) is 6.07 Å². The van der Waals surface area contributed by atoms with Crippen LogP contribution >= 0.6 is 0 Å². The van der Waals surface area contributed by atoms with E-state index >= 15 is 0 Å². The first-order chi connectivity index (χ1) is 11.7. The number of aromatic nitrogens is 3. The number of pyridine rings is 1. The molecule has 0 fully saturated rings. The molecule has 3 rings (SSSR count). The number of esters is 1. The summed E-state index contributed by atoms with van der Waals surface area (Å²) in [6.07, 6.45) is 3.29. The summed E-state index contributed by atoms with van der Waals surface area (Å²) in [6.45, 7) is 5.43. The average Bonchev–Trinajstić information content (AvgIpc) is 3.04. The van der Waals surface area contributed by atoms with E-state index < -0.39 is 5.92 Å². The van der Waals surface area contributed by atoms with Crippen LogP contribution in [0.15, 0.2) is 30.7 Å². The lowest BCUT2D eigenvalue weighted by Gasteiger charge is -2.31. The largest absolute Gasteiger partial charge is 0.465 e. The molecular formula is C17H20N4O3. The minimum absolute atomic E-state index is 0.207. The van der Waals surface area contributed by atoms with Gasteiger partial charge in [0, 0.05) is 19.3 Å². The normalized spacial score (nSPS) is 16.6. The third kappa shape index (κ3) is 2.89. The molecular weight excluding hydrogens is 308 g/mol. The SMILES string of the molecule is CCOC(=O)C1CN(C(=O)c2ccccn2)Cc2ncn(CC)c21. The predicted octanol–water partition coefficient (Wildman–Crippen LogP) is 1.60. The van der Waals surface area contributed by atoms with Crippen molar-refractivity contribution in [3.63, 3.8) is 0 Å². The smallest absolute Gasteiger partial charge is 0.316 e. The molecule has 2 aromatic heterocycles. The second kappa shape index (κ2) is 6.82. The van der Waals surface area contributed by atoms with E-state index in [1.807, 2.05) is 11.5 Å². The molecule has 1 aliphatic heterocycles. The van der Waals surface area contributed by atoms with Gasteiger partial charge in [-0.05, 0) is 26.0 Å². The number of carbonyl (C=O) groups is 2. The van der Waals surface area contributed by atoms with Gasteiger partial charge in [0.1, 0.15) is 11.6 Å². The van der Waals surface area contributed by atoms with E-state index in [4.69, 9.17) is 4.74 Å². The lowest BCUT2D eigenvalue weighted by Crippen LogP contribution is -2.42. The van der Waals surface area contributed by atoms with Gasteiger partial charge in [-0.2, -0.15) is 0 Å². The molecule has 0 radical (unpaired) electrons. The quantitative estimate of drug-likeness (QED) is 0.797. The Balaban J connectivity index is 1.93. The molecule has 7 nitrogen and oxygen atoms in total. The molecule has 0 N–H and O–H groups in total. The average molecular weight is 328 g/mol. The van der Waals surface area contributed by atoms with Crippen molar-refractivity contribution in [2.75, 3.05) is 13.2 Å². The van der Waals surface area contributed by atoms with Gasteiger partial charge in [-0.25, -0.2) is 4.98 Å². The Hall–Kier alpha value is -2.70. The van der Waals surface area contributed by atoms with Crippen LogP contribution in [-0.4, -0.2) is 44.5 Å². The maximum absolute atomic E-state index is 12.7. The summed E-state index contributed by atoms with van der Waals surface area (Å²) >= 11 is 0. The van der Waals surface area contributed by atoms with E-state index in [1.54, 1.807) is 42.5 Å². The monoisotopic (exact) mass is 328 g/mol. The molecule has 1 unspecified atom stereocenters. The summed E-state index contributed by atoms with van der Waals surface area (Å²) in [6, 6.07) is 5.20. The molecule has 0 aliphatic carbocycles. The third-order valence-electron chi connectivity index (χ3n) is 4.11. The fourth-order valence-electron chi connectivity index (χ4n) is 3.00. The van der Waals surface area contributed by atoms with Crippen LogP contribution < -0.4 is 0 Å². The number of imidazole rings is 1. The van der Waals surface area contributed by atoms with E-state index in [0.717, 1.165) is 11.4 Å². The van der Waals surface area contributed by atoms with Crippen LogP contribution in [-0.2, 0) is 22.6 Å². The molecule has 1 amide bonds. The lowest BCUT2D eigenvalue weighted by molar-refractivity contribution is -0.145. The highest BCUT2D eigenvalue weighted by Gasteiger charge is 2.37. The number of nitrogens with zero attached hydrogens (tertiary/aromatic N) is 4. The van der Waals surface area contributed by atoms with E-state index in [2.05, 4.69) is 9.97 Å². The molecule has 3 heterocycles. The van der Waals surface area contributed by atoms with Crippen molar-refractivity contribution in [1.29, 1.82) is 0 Å². The number of hydrogen-bond donors (Lipinski definition) is 0. The van der Waals surface area contributed by atoms with Crippen LogP contribution in [0, 0.1) is 0 Å². The summed E-state index contributed by atoms with van der Waals surface area (Å²) in [5.74, 6) is -1.06. The van der Waals surface area contributed by atoms with Gasteiger partial charge in [0.15, 0.2) is 0 Å². The Kier molecular flexibility index (Phi) is 4.59. The summed E-state index contributed by atoms with van der Waals surface area (Å²) in [5.41, 5.74) is 1.95. The fraction of sp³-hybridized carbons (Fsp3) is 0.412. The minimum Gasteiger partial charge on any atom is -0.465 e. The minimum atomic E-state index is -0.524. The van der Waals surface area contributed by atoms with E-state index in [9.17, 15) is 9.59 Å². The van der Waals surface area contributed by atoms with Crippen LogP contribution in [0.5, 0.6) is 0 Å². The number of rotatable bonds is 4. The predicted molar refractivity (Wildman–Crippen MR) is 86.3 cm³/mol. The second-order valence-corrected chi connectivity index (χ2v) is 5.57. The van der Waals surface area contributed by atoms with Crippen LogP contribution in [0.1, 0.15) is 41.6 Å². The highest BCUT2D eigenvalue weighted by Crippen LogP contribution is 2.29. The van der Waals surface area contributed by atoms with Crippen molar-refractivity contribution in [2.24, 2.45) is 0 Å². The zero-order chi connectivity index (χ0) is 17.1. The molecule has 24 heavy (non-hydrogen) atoms. The van der Waals surface area contributed by atoms with E-state index in [-0.39, 0.29) is 18.4 Å². The van der Waals surface area contributed by atoms with Gasteiger partial charge in [0.25, 0.3) is 5.91 Å². The first-order valence-electron chi connectivity index (χ1n) is 8.06. The molecule has 126 valence electrons. The molecule has 0 aromatic carbocycles. The lowest BCUT2D eigenvalue weighted by atomic mass is 9.97. The number of carbonyl (C=O) groups excluding carboxylic acids is 2. The first kappa shape index (κ1) is 16.2. The Bertz CT molecular complexity index is 742. The van der Waals surface area contributed by atoms with Crippen LogP contribution in [0.2, 0.25) is 0 Å². The number of fused-ring (bicyclic) bond motifs is 1. The third-order valence-corrected chi connectivity index (χ3v) is 4.11. The molecule has 0 bridgehead atoms.